The minimum atomic E-state index is -0.850. The molecule has 0 aromatic heterocycles. The standard InChI is InChI=1S/C16H21ClO3/c1-10(16(19)20)11-6-7-12(14(17)9-11)8-13-4-2-3-5-15(13)18/h6-7,9-10,13,15,18H,2-5,8H2,1H3,(H,19,20)/t10?,13-,15+/m1/s1. The van der Waals surface area contributed by atoms with Crippen molar-refractivity contribution >= 4 is 17.6 Å². The first-order valence-electron chi connectivity index (χ1n) is 7.18. The van der Waals surface area contributed by atoms with Gasteiger partial charge in [0, 0.05) is 5.02 Å². The number of carboxylic acid groups (broad SMARTS) is 1. The van der Waals surface area contributed by atoms with Crippen molar-refractivity contribution in [3.05, 3.63) is 34.3 Å². The lowest BCUT2D eigenvalue weighted by molar-refractivity contribution is -0.138. The van der Waals surface area contributed by atoms with E-state index in [1.807, 2.05) is 12.1 Å². The number of aliphatic carboxylic acids is 1. The third-order valence-corrected chi connectivity index (χ3v) is 4.65. The highest BCUT2D eigenvalue weighted by atomic mass is 35.5. The Kier molecular flexibility index (Phi) is 5.06. The fourth-order valence-electron chi connectivity index (χ4n) is 2.85. The lowest BCUT2D eigenvalue weighted by Gasteiger charge is -2.28. The van der Waals surface area contributed by atoms with Crippen LogP contribution in [0.1, 0.15) is 49.7 Å². The molecule has 0 saturated heterocycles. The third-order valence-electron chi connectivity index (χ3n) is 4.30. The Labute approximate surface area is 124 Å². The summed E-state index contributed by atoms with van der Waals surface area (Å²) in [5.74, 6) is -1.14. The van der Waals surface area contributed by atoms with Crippen LogP contribution in [-0.2, 0) is 11.2 Å². The van der Waals surface area contributed by atoms with Gasteiger partial charge in [0.25, 0.3) is 0 Å². The number of aliphatic hydroxyl groups is 1. The molecule has 0 heterocycles. The van der Waals surface area contributed by atoms with Gasteiger partial charge in [0.1, 0.15) is 0 Å². The Morgan fingerprint density at radius 1 is 1.40 bits per heavy atom. The van der Waals surface area contributed by atoms with Gasteiger partial charge in [0.15, 0.2) is 0 Å². The lowest BCUT2D eigenvalue weighted by atomic mass is 9.82. The summed E-state index contributed by atoms with van der Waals surface area (Å²) < 4.78 is 0. The van der Waals surface area contributed by atoms with E-state index in [4.69, 9.17) is 16.7 Å². The predicted octanol–water partition coefficient (Wildman–Crippen LogP) is 3.62. The maximum absolute atomic E-state index is 11.0. The van der Waals surface area contributed by atoms with E-state index in [2.05, 4.69) is 0 Å². The summed E-state index contributed by atoms with van der Waals surface area (Å²) in [7, 11) is 0. The molecule has 0 spiro atoms. The highest BCUT2D eigenvalue weighted by Gasteiger charge is 2.24. The van der Waals surface area contributed by atoms with Gasteiger partial charge in [-0.25, -0.2) is 0 Å². The van der Waals surface area contributed by atoms with E-state index in [-0.39, 0.29) is 12.0 Å². The first kappa shape index (κ1) is 15.3. The zero-order chi connectivity index (χ0) is 14.7. The highest BCUT2D eigenvalue weighted by molar-refractivity contribution is 6.31. The van der Waals surface area contributed by atoms with Crippen molar-refractivity contribution in [3.63, 3.8) is 0 Å². The molecule has 0 radical (unpaired) electrons. The van der Waals surface area contributed by atoms with Crippen LogP contribution in [-0.4, -0.2) is 22.3 Å². The summed E-state index contributed by atoms with van der Waals surface area (Å²) in [5, 5.41) is 19.6. The fourth-order valence-corrected chi connectivity index (χ4v) is 3.12. The Hall–Kier alpha value is -1.06. The summed E-state index contributed by atoms with van der Waals surface area (Å²) in [6, 6.07) is 5.47. The molecule has 4 heteroatoms. The van der Waals surface area contributed by atoms with E-state index in [0.29, 0.717) is 5.02 Å². The molecule has 0 amide bonds. The van der Waals surface area contributed by atoms with E-state index >= 15 is 0 Å². The molecule has 20 heavy (non-hydrogen) atoms. The van der Waals surface area contributed by atoms with Crippen LogP contribution >= 0.6 is 11.6 Å². The zero-order valence-corrected chi connectivity index (χ0v) is 12.4. The number of halogens is 1. The molecule has 0 bridgehead atoms. The van der Waals surface area contributed by atoms with Crippen LogP contribution < -0.4 is 0 Å². The molecule has 110 valence electrons. The minimum absolute atomic E-state index is 0.238. The molecule has 1 aromatic carbocycles. The molecule has 0 aliphatic heterocycles. The first-order chi connectivity index (χ1) is 9.49. The molecular formula is C16H21ClO3. The van der Waals surface area contributed by atoms with Gasteiger partial charge in [-0.15, -0.1) is 0 Å². The maximum atomic E-state index is 11.0. The quantitative estimate of drug-likeness (QED) is 0.892. The monoisotopic (exact) mass is 296 g/mol. The van der Waals surface area contributed by atoms with Crippen LogP contribution in [0.3, 0.4) is 0 Å². The number of benzene rings is 1. The van der Waals surface area contributed by atoms with E-state index in [1.54, 1.807) is 13.0 Å². The molecule has 1 unspecified atom stereocenters. The van der Waals surface area contributed by atoms with Gasteiger partial charge < -0.3 is 10.2 Å². The SMILES string of the molecule is CC(C(=O)O)c1ccc(C[C@H]2CCCC[C@@H]2O)c(Cl)c1. The van der Waals surface area contributed by atoms with Crippen molar-refractivity contribution < 1.29 is 15.0 Å². The fraction of sp³-hybridized carbons (Fsp3) is 0.562. The van der Waals surface area contributed by atoms with Crippen molar-refractivity contribution in [2.45, 2.75) is 51.0 Å². The molecule has 2 rings (SSSR count). The molecular weight excluding hydrogens is 276 g/mol. The van der Waals surface area contributed by atoms with Crippen LogP contribution in [0.2, 0.25) is 5.02 Å². The number of carbonyl (C=O) groups is 1. The van der Waals surface area contributed by atoms with Gasteiger partial charge in [-0.3, -0.25) is 4.79 Å². The first-order valence-corrected chi connectivity index (χ1v) is 7.56. The Balaban J connectivity index is 2.11. The van der Waals surface area contributed by atoms with Crippen molar-refractivity contribution in [1.82, 2.24) is 0 Å². The normalized spacial score (nSPS) is 24.4. The van der Waals surface area contributed by atoms with Gasteiger partial charge in [-0.2, -0.15) is 0 Å². The molecule has 2 N–H and O–H groups in total. The number of rotatable bonds is 4. The van der Waals surface area contributed by atoms with Gasteiger partial charge >= 0.3 is 5.97 Å². The van der Waals surface area contributed by atoms with Gasteiger partial charge in [-0.1, -0.05) is 36.6 Å². The molecule has 1 aliphatic carbocycles. The largest absolute Gasteiger partial charge is 0.481 e. The molecule has 1 fully saturated rings. The van der Waals surface area contributed by atoms with Crippen molar-refractivity contribution in [2.24, 2.45) is 5.92 Å². The van der Waals surface area contributed by atoms with Crippen LogP contribution in [0.15, 0.2) is 18.2 Å². The average molecular weight is 297 g/mol. The molecule has 3 nitrogen and oxygen atoms in total. The summed E-state index contributed by atoms with van der Waals surface area (Å²) >= 11 is 6.27. The molecule has 1 aliphatic rings. The second kappa shape index (κ2) is 6.59. The molecule has 3 atom stereocenters. The van der Waals surface area contributed by atoms with E-state index in [9.17, 15) is 9.90 Å². The maximum Gasteiger partial charge on any atom is 0.310 e. The van der Waals surface area contributed by atoms with Crippen molar-refractivity contribution in [2.75, 3.05) is 0 Å². The lowest BCUT2D eigenvalue weighted by Crippen LogP contribution is -2.26. The van der Waals surface area contributed by atoms with Crippen LogP contribution in [0, 0.1) is 5.92 Å². The van der Waals surface area contributed by atoms with E-state index in [0.717, 1.165) is 43.2 Å². The average Bonchev–Trinajstić information content (AvgIpc) is 2.42. The van der Waals surface area contributed by atoms with Gasteiger partial charge in [0.2, 0.25) is 0 Å². The number of aliphatic hydroxyl groups excluding tert-OH is 1. The second-order valence-corrected chi connectivity index (χ2v) is 6.13. The molecule has 1 saturated carbocycles. The van der Waals surface area contributed by atoms with E-state index in [1.165, 1.54) is 0 Å². The zero-order valence-electron chi connectivity index (χ0n) is 11.7. The molecule has 1 aromatic rings. The summed E-state index contributed by atoms with van der Waals surface area (Å²) in [6.07, 6.45) is 4.69. The second-order valence-electron chi connectivity index (χ2n) is 5.73. The van der Waals surface area contributed by atoms with Crippen LogP contribution in [0.25, 0.3) is 0 Å². The number of hydrogen-bond donors (Lipinski definition) is 2. The Morgan fingerprint density at radius 2 is 2.10 bits per heavy atom. The Bertz CT molecular complexity index is 487. The number of carboxylic acids is 1. The van der Waals surface area contributed by atoms with Crippen molar-refractivity contribution in [1.29, 1.82) is 0 Å². The number of hydrogen-bond acceptors (Lipinski definition) is 2. The summed E-state index contributed by atoms with van der Waals surface area (Å²) in [4.78, 5) is 11.0. The highest BCUT2D eigenvalue weighted by Crippen LogP contribution is 2.31. The van der Waals surface area contributed by atoms with Gasteiger partial charge in [0.05, 0.1) is 12.0 Å². The smallest absolute Gasteiger partial charge is 0.310 e. The van der Waals surface area contributed by atoms with Crippen LogP contribution in [0.5, 0.6) is 0 Å². The topological polar surface area (TPSA) is 57.5 Å². The van der Waals surface area contributed by atoms with Crippen LogP contribution in [0.4, 0.5) is 0 Å². The van der Waals surface area contributed by atoms with E-state index < -0.39 is 11.9 Å². The van der Waals surface area contributed by atoms with Crippen molar-refractivity contribution in [3.8, 4) is 0 Å². The summed E-state index contributed by atoms with van der Waals surface area (Å²) in [6.45, 7) is 1.65. The predicted molar refractivity (Wildman–Crippen MR) is 79.2 cm³/mol. The van der Waals surface area contributed by atoms with Gasteiger partial charge in [-0.05, 0) is 49.3 Å². The third kappa shape index (κ3) is 3.53. The summed E-state index contributed by atoms with van der Waals surface area (Å²) in [5.41, 5.74) is 1.72. The minimum Gasteiger partial charge on any atom is -0.481 e. The Morgan fingerprint density at radius 3 is 2.70 bits per heavy atom.